The average molecular weight is 224 g/mol. The van der Waals surface area contributed by atoms with Gasteiger partial charge in [0.05, 0.1) is 39.6 Å². The lowest BCUT2D eigenvalue weighted by atomic mass is 10.7. The minimum Gasteiger partial charge on any atom is -0.378 e. The monoisotopic (exact) mass is 224 g/mol. The standard InChI is InChI=1S/C8H16O3S2/c1-3-10-5-7-12-13-8-6-11-4-2-9-1/h1-8H2. The number of hydrogen-bond donors (Lipinski definition) is 0. The Balaban J connectivity index is 2.01. The van der Waals surface area contributed by atoms with Crippen molar-refractivity contribution in [2.45, 2.75) is 0 Å². The van der Waals surface area contributed by atoms with E-state index in [4.69, 9.17) is 14.2 Å². The lowest BCUT2D eigenvalue weighted by Gasteiger charge is -2.04. The summed E-state index contributed by atoms with van der Waals surface area (Å²) in [5.41, 5.74) is 0. The van der Waals surface area contributed by atoms with Crippen molar-refractivity contribution in [2.24, 2.45) is 0 Å². The largest absolute Gasteiger partial charge is 0.378 e. The van der Waals surface area contributed by atoms with Crippen LogP contribution in [-0.2, 0) is 14.2 Å². The van der Waals surface area contributed by atoms with Gasteiger partial charge in [-0.1, -0.05) is 21.6 Å². The van der Waals surface area contributed by atoms with Gasteiger partial charge in [-0.3, -0.25) is 0 Å². The highest BCUT2D eigenvalue weighted by Crippen LogP contribution is 2.20. The maximum Gasteiger partial charge on any atom is 0.0701 e. The van der Waals surface area contributed by atoms with Crippen molar-refractivity contribution >= 4 is 21.6 Å². The molecular weight excluding hydrogens is 208 g/mol. The van der Waals surface area contributed by atoms with Crippen molar-refractivity contribution in [3.8, 4) is 0 Å². The van der Waals surface area contributed by atoms with Gasteiger partial charge in [0.1, 0.15) is 0 Å². The van der Waals surface area contributed by atoms with Crippen LogP contribution in [0.3, 0.4) is 0 Å². The zero-order valence-corrected chi connectivity index (χ0v) is 9.33. The SMILES string of the molecule is C1COCCSSCCOCCO1. The molecule has 0 aliphatic carbocycles. The molecule has 0 aromatic rings. The molecule has 1 rings (SSSR count). The third-order valence-electron chi connectivity index (χ3n) is 1.45. The lowest BCUT2D eigenvalue weighted by Crippen LogP contribution is -2.10. The summed E-state index contributed by atoms with van der Waals surface area (Å²) in [6.45, 7) is 4.41. The van der Waals surface area contributed by atoms with E-state index in [9.17, 15) is 0 Å². The van der Waals surface area contributed by atoms with E-state index in [-0.39, 0.29) is 0 Å². The summed E-state index contributed by atoms with van der Waals surface area (Å²) in [6, 6.07) is 0. The van der Waals surface area contributed by atoms with Gasteiger partial charge in [0.2, 0.25) is 0 Å². The smallest absolute Gasteiger partial charge is 0.0701 e. The number of hydrogen-bond acceptors (Lipinski definition) is 5. The van der Waals surface area contributed by atoms with E-state index < -0.39 is 0 Å². The molecule has 78 valence electrons. The van der Waals surface area contributed by atoms with Crippen LogP contribution in [0.5, 0.6) is 0 Å². The molecule has 0 N–H and O–H groups in total. The van der Waals surface area contributed by atoms with Gasteiger partial charge in [-0.2, -0.15) is 0 Å². The van der Waals surface area contributed by atoms with Crippen LogP contribution in [-0.4, -0.2) is 51.1 Å². The van der Waals surface area contributed by atoms with Gasteiger partial charge >= 0.3 is 0 Å². The summed E-state index contributed by atoms with van der Waals surface area (Å²) in [5.74, 6) is 2.09. The Morgan fingerprint density at radius 3 is 1.38 bits per heavy atom. The van der Waals surface area contributed by atoms with E-state index in [1.807, 2.05) is 21.6 Å². The van der Waals surface area contributed by atoms with Crippen LogP contribution < -0.4 is 0 Å². The highest BCUT2D eigenvalue weighted by molar-refractivity contribution is 8.76. The first-order chi connectivity index (χ1) is 6.50. The van der Waals surface area contributed by atoms with E-state index in [0.717, 1.165) is 24.7 Å². The van der Waals surface area contributed by atoms with Crippen LogP contribution >= 0.6 is 21.6 Å². The molecule has 0 aromatic carbocycles. The van der Waals surface area contributed by atoms with E-state index in [1.165, 1.54) is 0 Å². The van der Waals surface area contributed by atoms with Crippen LogP contribution in [0.4, 0.5) is 0 Å². The predicted molar refractivity (Wildman–Crippen MR) is 57.4 cm³/mol. The highest BCUT2D eigenvalue weighted by atomic mass is 33.1. The Hall–Kier alpha value is 0.580. The molecule has 0 aromatic heterocycles. The fraction of sp³-hybridized carbons (Fsp3) is 1.00. The summed E-state index contributed by atoms with van der Waals surface area (Å²) in [4.78, 5) is 0. The molecule has 0 radical (unpaired) electrons. The molecule has 5 heteroatoms. The molecule has 1 heterocycles. The fourth-order valence-electron chi connectivity index (χ4n) is 0.846. The normalized spacial score (nSPS) is 24.0. The summed E-state index contributed by atoms with van der Waals surface area (Å²) in [6.07, 6.45) is 0. The third kappa shape index (κ3) is 7.64. The highest BCUT2D eigenvalue weighted by Gasteiger charge is 1.95. The molecule has 0 spiro atoms. The van der Waals surface area contributed by atoms with Crippen molar-refractivity contribution in [1.29, 1.82) is 0 Å². The second kappa shape index (κ2) is 9.15. The molecule has 1 saturated heterocycles. The Labute approximate surface area is 87.3 Å². The van der Waals surface area contributed by atoms with E-state index in [1.54, 1.807) is 0 Å². The van der Waals surface area contributed by atoms with Crippen molar-refractivity contribution in [1.82, 2.24) is 0 Å². The Morgan fingerprint density at radius 2 is 0.923 bits per heavy atom. The molecule has 0 atom stereocenters. The van der Waals surface area contributed by atoms with Gasteiger partial charge in [-0.15, -0.1) is 0 Å². The molecule has 0 bridgehead atoms. The molecule has 0 saturated carbocycles. The van der Waals surface area contributed by atoms with Gasteiger partial charge in [-0.25, -0.2) is 0 Å². The van der Waals surface area contributed by atoms with Gasteiger partial charge < -0.3 is 14.2 Å². The molecule has 1 fully saturated rings. The van der Waals surface area contributed by atoms with Crippen LogP contribution in [0.15, 0.2) is 0 Å². The second-order valence-electron chi connectivity index (χ2n) is 2.48. The van der Waals surface area contributed by atoms with Crippen LogP contribution in [0.1, 0.15) is 0 Å². The van der Waals surface area contributed by atoms with Gasteiger partial charge in [-0.05, 0) is 0 Å². The van der Waals surface area contributed by atoms with Crippen molar-refractivity contribution in [3.05, 3.63) is 0 Å². The first-order valence-corrected chi connectivity index (χ1v) is 6.96. The van der Waals surface area contributed by atoms with E-state index in [0.29, 0.717) is 26.4 Å². The van der Waals surface area contributed by atoms with Gasteiger partial charge in [0, 0.05) is 11.5 Å². The summed E-state index contributed by atoms with van der Waals surface area (Å²) < 4.78 is 16.0. The first kappa shape index (κ1) is 11.7. The molecule has 0 unspecified atom stereocenters. The fourth-order valence-corrected chi connectivity index (χ4v) is 2.57. The lowest BCUT2D eigenvalue weighted by molar-refractivity contribution is 0.0207. The molecular formula is C8H16O3S2. The summed E-state index contributed by atoms with van der Waals surface area (Å²) in [7, 11) is 3.69. The number of ether oxygens (including phenoxy) is 3. The molecule has 1 aliphatic rings. The number of rotatable bonds is 0. The Morgan fingerprint density at radius 1 is 0.538 bits per heavy atom. The zero-order chi connectivity index (χ0) is 9.19. The third-order valence-corrected chi connectivity index (χ3v) is 3.78. The minimum atomic E-state index is 0.682. The predicted octanol–water partition coefficient (Wildman–Crippen LogP) is 1.43. The van der Waals surface area contributed by atoms with Gasteiger partial charge in [0.15, 0.2) is 0 Å². The summed E-state index contributed by atoms with van der Waals surface area (Å²) >= 11 is 0. The molecule has 0 amide bonds. The van der Waals surface area contributed by atoms with Crippen molar-refractivity contribution in [2.75, 3.05) is 51.1 Å². The first-order valence-electron chi connectivity index (χ1n) is 4.48. The maximum atomic E-state index is 5.35. The quantitative estimate of drug-likeness (QED) is 0.580. The molecule has 3 nitrogen and oxygen atoms in total. The summed E-state index contributed by atoms with van der Waals surface area (Å²) in [5, 5.41) is 0. The van der Waals surface area contributed by atoms with Crippen molar-refractivity contribution < 1.29 is 14.2 Å². The van der Waals surface area contributed by atoms with E-state index in [2.05, 4.69) is 0 Å². The van der Waals surface area contributed by atoms with E-state index >= 15 is 0 Å². The molecule has 13 heavy (non-hydrogen) atoms. The topological polar surface area (TPSA) is 27.7 Å². The Bertz CT molecular complexity index is 65.5. The Kier molecular flexibility index (Phi) is 8.20. The second-order valence-corrected chi connectivity index (χ2v) is 5.18. The molecule has 1 aliphatic heterocycles. The average Bonchev–Trinajstić information content (AvgIpc) is 2.18. The van der Waals surface area contributed by atoms with Crippen LogP contribution in [0.2, 0.25) is 0 Å². The minimum absolute atomic E-state index is 0.682. The van der Waals surface area contributed by atoms with Crippen molar-refractivity contribution in [3.63, 3.8) is 0 Å². The van der Waals surface area contributed by atoms with Crippen LogP contribution in [0.25, 0.3) is 0 Å². The maximum absolute atomic E-state index is 5.35. The van der Waals surface area contributed by atoms with Crippen LogP contribution in [0, 0.1) is 0 Å². The van der Waals surface area contributed by atoms with Gasteiger partial charge in [0.25, 0.3) is 0 Å². The zero-order valence-electron chi connectivity index (χ0n) is 7.70.